The third kappa shape index (κ3) is 6.53. The molecule has 37 heavy (non-hydrogen) atoms. The molecule has 0 fully saturated rings. The zero-order chi connectivity index (χ0) is 23.7. The smallest absolute Gasteiger partial charge is 1.00 e. The van der Waals surface area contributed by atoms with E-state index in [2.05, 4.69) is 137 Å². The molecule has 0 unspecified atom stereocenters. The van der Waals surface area contributed by atoms with Crippen molar-refractivity contribution in [3.63, 3.8) is 0 Å². The predicted octanol–water partition coefficient (Wildman–Crippen LogP) is 3.69. The number of aryl methyl sites for hydroxylation is 4. The Morgan fingerprint density at radius 2 is 0.757 bits per heavy atom. The first kappa shape index (κ1) is 30.8. The number of halogens is 2. The van der Waals surface area contributed by atoms with Gasteiger partial charge in [-0.15, -0.1) is 68.1 Å². The largest absolute Gasteiger partial charge is 4.00 e. The summed E-state index contributed by atoms with van der Waals surface area (Å²) < 4.78 is 0. The summed E-state index contributed by atoms with van der Waals surface area (Å²) in [5.41, 5.74) is 10.7. The number of fused-ring (bicyclic) bond motifs is 2. The minimum atomic E-state index is 0. The Hall–Kier alpha value is -2.44. The van der Waals surface area contributed by atoms with E-state index >= 15 is 0 Å². The number of hydrogen-bond acceptors (Lipinski definition) is 0. The fourth-order valence-corrected chi connectivity index (χ4v) is 4.81. The Bertz CT molecular complexity index is 1450. The van der Waals surface area contributed by atoms with Gasteiger partial charge in [-0.2, -0.15) is 0 Å². The van der Waals surface area contributed by atoms with Crippen LogP contribution < -0.4 is 24.8 Å². The summed E-state index contributed by atoms with van der Waals surface area (Å²) in [4.78, 5) is 0. The number of rotatable bonds is 2. The van der Waals surface area contributed by atoms with Crippen LogP contribution in [0.5, 0.6) is 0 Å². The van der Waals surface area contributed by atoms with Gasteiger partial charge in [0.2, 0.25) is 0 Å². The average molecular weight is 601 g/mol. The van der Waals surface area contributed by atoms with E-state index in [4.69, 9.17) is 0 Å². The van der Waals surface area contributed by atoms with Crippen LogP contribution in [0.4, 0.5) is 0 Å². The van der Waals surface area contributed by atoms with Gasteiger partial charge in [-0.05, 0) is 13.8 Å². The summed E-state index contributed by atoms with van der Waals surface area (Å²) in [6.07, 6.45) is 0. The van der Waals surface area contributed by atoms with E-state index in [0.29, 0.717) is 0 Å². The van der Waals surface area contributed by atoms with Crippen molar-refractivity contribution in [3.05, 3.63) is 131 Å². The molecule has 0 aliphatic carbocycles. The van der Waals surface area contributed by atoms with Gasteiger partial charge in [-0.3, -0.25) is 0 Å². The number of benzene rings is 4. The van der Waals surface area contributed by atoms with Crippen molar-refractivity contribution in [2.45, 2.75) is 27.7 Å². The monoisotopic (exact) mass is 598 g/mol. The van der Waals surface area contributed by atoms with Crippen molar-refractivity contribution in [1.82, 2.24) is 0 Å². The van der Waals surface area contributed by atoms with Gasteiger partial charge < -0.3 is 24.8 Å². The molecule has 0 aromatic heterocycles. The van der Waals surface area contributed by atoms with Gasteiger partial charge in [0.15, 0.2) is 0 Å². The minimum absolute atomic E-state index is 0. The zero-order valence-electron chi connectivity index (χ0n) is 21.6. The minimum Gasteiger partial charge on any atom is -1.00 e. The van der Waals surface area contributed by atoms with Crippen LogP contribution in [0.3, 0.4) is 0 Å². The quantitative estimate of drug-likeness (QED) is 0.266. The molecule has 184 valence electrons. The number of hydrogen-bond donors (Lipinski definition) is 0. The molecule has 0 aliphatic heterocycles. The molecule has 3 heteroatoms. The van der Waals surface area contributed by atoms with Crippen LogP contribution in [0.15, 0.2) is 109 Å². The van der Waals surface area contributed by atoms with Crippen molar-refractivity contribution in [3.8, 4) is 22.3 Å². The topological polar surface area (TPSA) is 0 Å². The first-order valence-electron chi connectivity index (χ1n) is 12.0. The van der Waals surface area contributed by atoms with Crippen LogP contribution in [0.25, 0.3) is 43.8 Å². The molecule has 0 bridgehead atoms. The van der Waals surface area contributed by atoms with Crippen LogP contribution >= 0.6 is 0 Å². The maximum atomic E-state index is 2.29. The molecule has 0 N–H and O–H groups in total. The zero-order valence-corrected chi connectivity index (χ0v) is 25.6. The van der Waals surface area contributed by atoms with Crippen molar-refractivity contribution in [2.75, 3.05) is 0 Å². The van der Waals surface area contributed by atoms with E-state index in [1.54, 1.807) is 0 Å². The Morgan fingerprint density at radius 1 is 0.432 bits per heavy atom. The van der Waals surface area contributed by atoms with Crippen LogP contribution in [-0.4, -0.2) is 0 Å². The molecular formula is C34H30Cl2Zr. The SMILES string of the molecule is Cc1ccc(-c2[cH-]c3ccccc3c2C)cc1.Cc1ccc(-c2[cH-]c3ccccc3c2C)cc1.[Cl-].[Cl-].[Zr+4]. The van der Waals surface area contributed by atoms with Crippen LogP contribution in [0.1, 0.15) is 22.3 Å². The first-order chi connectivity index (χ1) is 16.5. The van der Waals surface area contributed by atoms with Gasteiger partial charge in [-0.25, -0.2) is 0 Å². The fourth-order valence-electron chi connectivity index (χ4n) is 4.81. The van der Waals surface area contributed by atoms with E-state index in [0.717, 1.165) is 0 Å². The molecule has 0 nitrogen and oxygen atoms in total. The van der Waals surface area contributed by atoms with Crippen LogP contribution in [-0.2, 0) is 26.2 Å². The van der Waals surface area contributed by atoms with Gasteiger partial charge in [0.25, 0.3) is 0 Å². The van der Waals surface area contributed by atoms with Crippen molar-refractivity contribution in [1.29, 1.82) is 0 Å². The maximum Gasteiger partial charge on any atom is 4.00 e. The fraction of sp³-hybridized carbons (Fsp3) is 0.118. The Labute approximate surface area is 252 Å². The second-order valence-electron chi connectivity index (χ2n) is 9.27. The average Bonchev–Trinajstić information content (AvgIpc) is 3.38. The van der Waals surface area contributed by atoms with Crippen LogP contribution in [0, 0.1) is 27.7 Å². The van der Waals surface area contributed by atoms with Gasteiger partial charge in [0.05, 0.1) is 0 Å². The Morgan fingerprint density at radius 3 is 1.08 bits per heavy atom. The molecule has 0 amide bonds. The molecule has 0 aliphatic rings. The van der Waals surface area contributed by atoms with Crippen molar-refractivity contribution < 1.29 is 51.0 Å². The van der Waals surface area contributed by atoms with E-state index in [9.17, 15) is 0 Å². The molecular weight excluding hydrogens is 571 g/mol. The molecule has 0 atom stereocenters. The predicted molar refractivity (Wildman–Crippen MR) is 149 cm³/mol. The molecule has 6 rings (SSSR count). The third-order valence-corrected chi connectivity index (χ3v) is 6.86. The molecule has 0 heterocycles. The maximum absolute atomic E-state index is 2.29. The normalized spacial score (nSPS) is 10.1. The Balaban J connectivity index is 0.000000241. The molecule has 0 spiro atoms. The Kier molecular flexibility index (Phi) is 11.1. The second kappa shape index (κ2) is 13.4. The summed E-state index contributed by atoms with van der Waals surface area (Å²) >= 11 is 0. The summed E-state index contributed by atoms with van der Waals surface area (Å²) in [7, 11) is 0. The van der Waals surface area contributed by atoms with E-state index in [-0.39, 0.29) is 51.0 Å². The van der Waals surface area contributed by atoms with E-state index in [1.807, 2.05) is 0 Å². The molecule has 0 saturated carbocycles. The molecule has 0 saturated heterocycles. The van der Waals surface area contributed by atoms with Gasteiger partial charge in [0, 0.05) is 0 Å². The summed E-state index contributed by atoms with van der Waals surface area (Å²) in [6.45, 7) is 8.66. The molecule has 0 radical (unpaired) electrons. The van der Waals surface area contributed by atoms with E-state index in [1.165, 1.54) is 66.1 Å². The molecule has 6 aromatic carbocycles. The third-order valence-electron chi connectivity index (χ3n) is 6.86. The van der Waals surface area contributed by atoms with Gasteiger partial charge in [0.1, 0.15) is 0 Å². The standard InChI is InChI=1S/2C17H15.2ClH.Zr/c2*1-12-7-9-14(10-8-12)17-11-15-5-3-4-6-16(15)13(17)2;;;/h2*3-11H,1-2H3;2*1H;/q2*-1;;;+4/p-2. The van der Waals surface area contributed by atoms with Crippen molar-refractivity contribution >= 4 is 21.5 Å². The van der Waals surface area contributed by atoms with Crippen LogP contribution in [0.2, 0.25) is 0 Å². The van der Waals surface area contributed by atoms with Gasteiger partial charge >= 0.3 is 26.2 Å². The molecule has 6 aromatic rings. The van der Waals surface area contributed by atoms with E-state index < -0.39 is 0 Å². The van der Waals surface area contributed by atoms with Crippen molar-refractivity contribution in [2.24, 2.45) is 0 Å². The summed E-state index contributed by atoms with van der Waals surface area (Å²) in [5, 5.41) is 5.40. The second-order valence-corrected chi connectivity index (χ2v) is 9.27. The van der Waals surface area contributed by atoms with Gasteiger partial charge in [-0.1, -0.05) is 121 Å². The first-order valence-corrected chi connectivity index (χ1v) is 12.0. The summed E-state index contributed by atoms with van der Waals surface area (Å²) in [5.74, 6) is 0. The summed E-state index contributed by atoms with van der Waals surface area (Å²) in [6, 6.07) is 39.2.